The smallest absolute Gasteiger partial charge is 0.414 e. The Morgan fingerprint density at radius 2 is 2.45 bits per heavy atom. The number of rotatable bonds is 5. The quantitative estimate of drug-likeness (QED) is 0.384. The second-order valence-electron chi connectivity index (χ2n) is 3.97. The Morgan fingerprint density at radius 3 is 3.10 bits per heavy atom. The average molecular weight is 279 g/mol. The van der Waals surface area contributed by atoms with Crippen LogP contribution in [0.2, 0.25) is 0 Å². The van der Waals surface area contributed by atoms with E-state index in [1.54, 1.807) is 0 Å². The molecular formula is C11H10FN5O3. The minimum Gasteiger partial charge on any atom is -0.442 e. The molecule has 1 aliphatic rings. The van der Waals surface area contributed by atoms with Crippen molar-refractivity contribution in [3.05, 3.63) is 34.5 Å². The summed E-state index contributed by atoms with van der Waals surface area (Å²) in [6.45, 7) is 0.380. The van der Waals surface area contributed by atoms with Crippen LogP contribution in [0.15, 0.2) is 23.3 Å². The molecule has 1 unspecified atom stereocenters. The molecule has 2 rings (SSSR count). The Morgan fingerprint density at radius 1 is 1.65 bits per heavy atom. The van der Waals surface area contributed by atoms with Crippen molar-refractivity contribution >= 4 is 23.9 Å². The molecule has 9 heteroatoms. The molecule has 1 fully saturated rings. The molecule has 0 bridgehead atoms. The fourth-order valence-corrected chi connectivity index (χ4v) is 1.81. The van der Waals surface area contributed by atoms with Crippen molar-refractivity contribution in [1.82, 2.24) is 5.32 Å². The van der Waals surface area contributed by atoms with E-state index in [9.17, 15) is 14.0 Å². The number of amides is 2. The van der Waals surface area contributed by atoms with Gasteiger partial charge in [-0.05, 0) is 23.7 Å². The Balaban J connectivity index is 2.15. The third kappa shape index (κ3) is 2.78. The van der Waals surface area contributed by atoms with Crippen molar-refractivity contribution in [2.24, 2.45) is 5.11 Å². The van der Waals surface area contributed by atoms with Gasteiger partial charge in [0.2, 0.25) is 6.41 Å². The van der Waals surface area contributed by atoms with Gasteiger partial charge >= 0.3 is 6.09 Å². The molecule has 0 aromatic heterocycles. The number of halogens is 1. The fraction of sp³-hybridized carbons (Fsp3) is 0.273. The van der Waals surface area contributed by atoms with Crippen LogP contribution in [0, 0.1) is 5.82 Å². The Kier molecular flexibility index (Phi) is 4.02. The van der Waals surface area contributed by atoms with Gasteiger partial charge in [0.05, 0.1) is 24.5 Å². The van der Waals surface area contributed by atoms with E-state index in [1.807, 2.05) is 0 Å². The monoisotopic (exact) mass is 279 g/mol. The third-order valence-electron chi connectivity index (χ3n) is 2.70. The topological polar surface area (TPSA) is 107 Å². The van der Waals surface area contributed by atoms with Crippen molar-refractivity contribution in [2.75, 3.05) is 18.0 Å². The van der Waals surface area contributed by atoms with Crippen LogP contribution in [0.3, 0.4) is 0 Å². The summed E-state index contributed by atoms with van der Waals surface area (Å²) in [5.74, 6) is -0.734. The van der Waals surface area contributed by atoms with Gasteiger partial charge in [0.25, 0.3) is 0 Å². The van der Waals surface area contributed by atoms with E-state index >= 15 is 0 Å². The van der Waals surface area contributed by atoms with Gasteiger partial charge in [-0.3, -0.25) is 9.69 Å². The highest BCUT2D eigenvalue weighted by molar-refractivity contribution is 5.90. The summed E-state index contributed by atoms with van der Waals surface area (Å²) in [6, 6.07) is 3.80. The fourth-order valence-electron chi connectivity index (χ4n) is 1.81. The normalized spacial score (nSPS) is 17.4. The lowest BCUT2D eigenvalue weighted by molar-refractivity contribution is -0.109. The maximum atomic E-state index is 13.6. The zero-order valence-corrected chi connectivity index (χ0v) is 10.2. The number of nitrogens with one attached hydrogen (secondary N) is 1. The van der Waals surface area contributed by atoms with Gasteiger partial charge in [0.15, 0.2) is 0 Å². The number of hydrogen-bond donors (Lipinski definition) is 1. The molecule has 1 atom stereocenters. The average Bonchev–Trinajstić information content (AvgIpc) is 2.80. The molecule has 1 aliphatic heterocycles. The van der Waals surface area contributed by atoms with Crippen molar-refractivity contribution in [3.8, 4) is 0 Å². The first-order chi connectivity index (χ1) is 9.65. The van der Waals surface area contributed by atoms with Gasteiger partial charge in [-0.2, -0.15) is 0 Å². The van der Waals surface area contributed by atoms with Crippen LogP contribution >= 0.6 is 0 Å². The van der Waals surface area contributed by atoms with E-state index in [2.05, 4.69) is 15.3 Å². The zero-order chi connectivity index (χ0) is 14.5. The van der Waals surface area contributed by atoms with Crippen molar-refractivity contribution in [2.45, 2.75) is 6.10 Å². The van der Waals surface area contributed by atoms with Crippen molar-refractivity contribution < 1.29 is 18.7 Å². The summed E-state index contributed by atoms with van der Waals surface area (Å²) >= 11 is 0. The summed E-state index contributed by atoms with van der Waals surface area (Å²) in [5, 5.41) is 5.58. The van der Waals surface area contributed by atoms with Gasteiger partial charge in [-0.25, -0.2) is 9.18 Å². The molecule has 1 saturated heterocycles. The highest BCUT2D eigenvalue weighted by atomic mass is 19.1. The first-order valence-corrected chi connectivity index (χ1v) is 5.65. The SMILES string of the molecule is [N-]=[N+]=Nc1ccc(N2CC(CNC=O)OC2=O)cc1F. The van der Waals surface area contributed by atoms with Crippen LogP contribution in [-0.4, -0.2) is 31.7 Å². The number of carbonyl (C=O) groups is 2. The second-order valence-corrected chi connectivity index (χ2v) is 3.97. The Labute approximate surface area is 112 Å². The van der Waals surface area contributed by atoms with Crippen LogP contribution in [0.5, 0.6) is 0 Å². The molecule has 1 heterocycles. The summed E-state index contributed by atoms with van der Waals surface area (Å²) in [5.41, 5.74) is 8.40. The van der Waals surface area contributed by atoms with Gasteiger partial charge in [0, 0.05) is 4.91 Å². The molecule has 1 aromatic rings. The van der Waals surface area contributed by atoms with Crippen LogP contribution in [-0.2, 0) is 9.53 Å². The van der Waals surface area contributed by atoms with E-state index in [0.717, 1.165) is 6.07 Å². The second kappa shape index (κ2) is 5.89. The largest absolute Gasteiger partial charge is 0.442 e. The number of azide groups is 1. The Bertz CT molecular complexity index is 587. The van der Waals surface area contributed by atoms with E-state index in [1.165, 1.54) is 17.0 Å². The van der Waals surface area contributed by atoms with E-state index in [4.69, 9.17) is 10.3 Å². The number of anilines is 1. The first-order valence-electron chi connectivity index (χ1n) is 5.65. The zero-order valence-electron chi connectivity index (χ0n) is 10.2. The molecule has 20 heavy (non-hydrogen) atoms. The number of carbonyl (C=O) groups excluding carboxylic acids is 2. The number of hydrogen-bond acceptors (Lipinski definition) is 4. The number of nitrogens with zero attached hydrogens (tertiary/aromatic N) is 4. The standard InChI is InChI=1S/C11H10FN5O3/c12-9-3-7(1-2-10(9)15-16-13)17-5-8(4-14-6-18)20-11(17)19/h1-3,6,8H,4-5H2,(H,14,18). The van der Waals surface area contributed by atoms with E-state index in [-0.39, 0.29) is 24.5 Å². The molecular weight excluding hydrogens is 269 g/mol. The summed E-state index contributed by atoms with van der Waals surface area (Å²) in [6.07, 6.45) is -0.614. The summed E-state index contributed by atoms with van der Waals surface area (Å²) < 4.78 is 18.6. The first kappa shape index (κ1) is 13.6. The molecule has 0 saturated carbocycles. The van der Waals surface area contributed by atoms with Crippen molar-refractivity contribution in [1.29, 1.82) is 0 Å². The maximum Gasteiger partial charge on any atom is 0.414 e. The minimum atomic E-state index is -0.734. The predicted octanol–water partition coefficient (Wildman–Crippen LogP) is 1.84. The molecule has 1 N–H and O–H groups in total. The van der Waals surface area contributed by atoms with Gasteiger partial charge in [-0.1, -0.05) is 5.11 Å². The van der Waals surface area contributed by atoms with Crippen LogP contribution in [0.1, 0.15) is 0 Å². The summed E-state index contributed by atoms with van der Waals surface area (Å²) in [4.78, 5) is 25.6. The molecule has 8 nitrogen and oxygen atoms in total. The molecule has 0 radical (unpaired) electrons. The third-order valence-corrected chi connectivity index (χ3v) is 2.70. The number of cyclic esters (lactones) is 1. The summed E-state index contributed by atoms with van der Waals surface area (Å²) in [7, 11) is 0. The van der Waals surface area contributed by atoms with Crippen LogP contribution in [0.4, 0.5) is 20.6 Å². The molecule has 0 aliphatic carbocycles. The lowest BCUT2D eigenvalue weighted by atomic mass is 10.2. The Hall–Kier alpha value is -2.80. The van der Waals surface area contributed by atoms with E-state index in [0.29, 0.717) is 6.41 Å². The number of ether oxygens (including phenoxy) is 1. The predicted molar refractivity (Wildman–Crippen MR) is 66.9 cm³/mol. The highest BCUT2D eigenvalue weighted by Gasteiger charge is 2.32. The molecule has 2 amide bonds. The van der Waals surface area contributed by atoms with Gasteiger partial charge < -0.3 is 10.1 Å². The van der Waals surface area contributed by atoms with Gasteiger partial charge in [-0.15, -0.1) is 0 Å². The maximum absolute atomic E-state index is 13.6. The van der Waals surface area contributed by atoms with Crippen molar-refractivity contribution in [3.63, 3.8) is 0 Å². The molecule has 0 spiro atoms. The lowest BCUT2D eigenvalue weighted by Crippen LogP contribution is -2.30. The lowest BCUT2D eigenvalue weighted by Gasteiger charge is -2.13. The highest BCUT2D eigenvalue weighted by Crippen LogP contribution is 2.27. The van der Waals surface area contributed by atoms with Crippen LogP contribution in [0.25, 0.3) is 10.4 Å². The minimum absolute atomic E-state index is 0.150. The van der Waals surface area contributed by atoms with E-state index < -0.39 is 18.0 Å². The number of benzene rings is 1. The van der Waals surface area contributed by atoms with Gasteiger partial charge in [0.1, 0.15) is 11.9 Å². The molecule has 1 aromatic carbocycles. The van der Waals surface area contributed by atoms with Crippen LogP contribution < -0.4 is 10.2 Å². The molecule has 104 valence electrons.